The van der Waals surface area contributed by atoms with E-state index in [4.69, 9.17) is 0 Å². The summed E-state index contributed by atoms with van der Waals surface area (Å²) in [5.74, 6) is 0.763. The van der Waals surface area contributed by atoms with Crippen LogP contribution in [0.3, 0.4) is 0 Å². The summed E-state index contributed by atoms with van der Waals surface area (Å²) in [6, 6.07) is 19.2. The lowest BCUT2D eigenvalue weighted by Crippen LogP contribution is -2.41. The number of rotatable bonds is 3. The molecule has 21 heavy (non-hydrogen) atoms. The number of nitrogens with one attached hydrogen (secondary N) is 1. The van der Waals surface area contributed by atoms with Crippen LogP contribution in [0.15, 0.2) is 48.5 Å². The van der Waals surface area contributed by atoms with E-state index in [1.807, 2.05) is 0 Å². The molecule has 2 aromatic carbocycles. The molecule has 0 aliphatic heterocycles. The summed E-state index contributed by atoms with van der Waals surface area (Å²) in [5.41, 5.74) is 5.99. The van der Waals surface area contributed by atoms with Crippen LogP contribution in [0.5, 0.6) is 0 Å². The molecule has 1 unspecified atom stereocenters. The van der Waals surface area contributed by atoms with Crippen LogP contribution >= 0.6 is 0 Å². The van der Waals surface area contributed by atoms with Gasteiger partial charge >= 0.3 is 0 Å². The molecule has 1 saturated carbocycles. The first-order chi connectivity index (χ1) is 10.3. The zero-order valence-corrected chi connectivity index (χ0v) is 12.7. The Morgan fingerprint density at radius 3 is 2.71 bits per heavy atom. The van der Waals surface area contributed by atoms with Crippen molar-refractivity contribution < 1.29 is 0 Å². The molecule has 0 amide bonds. The molecule has 4 rings (SSSR count). The third-order valence-corrected chi connectivity index (χ3v) is 5.22. The van der Waals surface area contributed by atoms with Crippen molar-refractivity contribution >= 4 is 0 Å². The maximum atomic E-state index is 3.89. The number of aryl methyl sites for hydroxylation is 2. The maximum absolute atomic E-state index is 3.89. The fraction of sp³-hybridized carbons (Fsp3) is 0.400. The minimum absolute atomic E-state index is 0.588. The van der Waals surface area contributed by atoms with Gasteiger partial charge in [-0.2, -0.15) is 0 Å². The van der Waals surface area contributed by atoms with Crippen LogP contribution in [-0.4, -0.2) is 6.04 Å². The largest absolute Gasteiger partial charge is 0.307 e. The van der Waals surface area contributed by atoms with E-state index in [0.29, 0.717) is 12.1 Å². The molecule has 2 aromatic rings. The Bertz CT molecular complexity index is 640. The Morgan fingerprint density at radius 1 is 1.00 bits per heavy atom. The van der Waals surface area contributed by atoms with E-state index < -0.39 is 0 Å². The molecule has 1 fully saturated rings. The van der Waals surface area contributed by atoms with Crippen LogP contribution in [0.1, 0.15) is 53.5 Å². The van der Waals surface area contributed by atoms with Gasteiger partial charge in [-0.15, -0.1) is 0 Å². The van der Waals surface area contributed by atoms with Crippen LogP contribution in [0.2, 0.25) is 0 Å². The maximum Gasteiger partial charge on any atom is 0.0328 e. The van der Waals surface area contributed by atoms with Crippen molar-refractivity contribution in [1.82, 2.24) is 5.32 Å². The first kappa shape index (κ1) is 13.1. The summed E-state index contributed by atoms with van der Waals surface area (Å²) in [7, 11) is 0. The SMILES string of the molecule is Cc1cccc(C2CC(NC3CCc4ccccc43)C2)c1. The van der Waals surface area contributed by atoms with Crippen LogP contribution < -0.4 is 5.32 Å². The van der Waals surface area contributed by atoms with E-state index in [9.17, 15) is 0 Å². The predicted molar refractivity (Wildman–Crippen MR) is 87.6 cm³/mol. The van der Waals surface area contributed by atoms with Gasteiger partial charge < -0.3 is 5.32 Å². The molecule has 0 heterocycles. The summed E-state index contributed by atoms with van der Waals surface area (Å²) >= 11 is 0. The fourth-order valence-electron chi connectivity index (χ4n) is 3.96. The molecule has 0 aromatic heterocycles. The lowest BCUT2D eigenvalue weighted by atomic mass is 9.75. The molecule has 1 heteroatoms. The van der Waals surface area contributed by atoms with Gasteiger partial charge in [0.2, 0.25) is 0 Å². The van der Waals surface area contributed by atoms with Crippen molar-refractivity contribution in [1.29, 1.82) is 0 Å². The second-order valence-corrected chi connectivity index (χ2v) is 6.74. The summed E-state index contributed by atoms with van der Waals surface area (Å²) < 4.78 is 0. The number of fused-ring (bicyclic) bond motifs is 1. The van der Waals surface area contributed by atoms with Crippen molar-refractivity contribution in [3.05, 3.63) is 70.8 Å². The van der Waals surface area contributed by atoms with Crippen molar-refractivity contribution in [2.75, 3.05) is 0 Å². The van der Waals surface area contributed by atoms with Crippen molar-refractivity contribution in [2.24, 2.45) is 0 Å². The Hall–Kier alpha value is -1.60. The minimum Gasteiger partial charge on any atom is -0.307 e. The van der Waals surface area contributed by atoms with Gasteiger partial charge in [0, 0.05) is 12.1 Å². The van der Waals surface area contributed by atoms with Crippen LogP contribution in [0, 0.1) is 6.92 Å². The zero-order chi connectivity index (χ0) is 14.2. The molecule has 0 spiro atoms. The standard InChI is InChI=1S/C20H23N/c1-14-5-4-7-16(11-14)17-12-18(13-17)21-20-10-9-15-6-2-3-8-19(15)20/h2-8,11,17-18,20-21H,9-10,12-13H2,1H3. The second-order valence-electron chi connectivity index (χ2n) is 6.74. The molecule has 0 saturated heterocycles. The van der Waals surface area contributed by atoms with E-state index in [1.54, 1.807) is 5.56 Å². The molecule has 1 atom stereocenters. The van der Waals surface area contributed by atoms with E-state index in [0.717, 1.165) is 5.92 Å². The van der Waals surface area contributed by atoms with Crippen molar-refractivity contribution in [3.63, 3.8) is 0 Å². The lowest BCUT2D eigenvalue weighted by molar-refractivity contribution is 0.264. The topological polar surface area (TPSA) is 12.0 Å². The smallest absolute Gasteiger partial charge is 0.0328 e. The molecule has 108 valence electrons. The second kappa shape index (κ2) is 5.31. The van der Waals surface area contributed by atoms with Gasteiger partial charge in [0.25, 0.3) is 0 Å². The van der Waals surface area contributed by atoms with E-state index in [-0.39, 0.29) is 0 Å². The van der Waals surface area contributed by atoms with E-state index >= 15 is 0 Å². The minimum atomic E-state index is 0.588. The van der Waals surface area contributed by atoms with Gasteiger partial charge in [-0.1, -0.05) is 54.1 Å². The van der Waals surface area contributed by atoms with Crippen molar-refractivity contribution in [3.8, 4) is 0 Å². The van der Waals surface area contributed by atoms with Crippen molar-refractivity contribution in [2.45, 2.75) is 50.6 Å². The number of hydrogen-bond acceptors (Lipinski definition) is 1. The van der Waals surface area contributed by atoms with Crippen LogP contribution in [0.25, 0.3) is 0 Å². The predicted octanol–water partition coefficient (Wildman–Crippen LogP) is 4.52. The van der Waals surface area contributed by atoms with Crippen LogP contribution in [0.4, 0.5) is 0 Å². The van der Waals surface area contributed by atoms with Gasteiger partial charge in [-0.05, 0) is 55.2 Å². The Balaban J connectivity index is 1.37. The highest BCUT2D eigenvalue weighted by Crippen LogP contribution is 2.40. The summed E-state index contributed by atoms with van der Waals surface area (Å²) in [6.45, 7) is 2.19. The summed E-state index contributed by atoms with van der Waals surface area (Å²) in [5, 5.41) is 3.89. The van der Waals surface area contributed by atoms with Crippen LogP contribution in [-0.2, 0) is 6.42 Å². The lowest BCUT2D eigenvalue weighted by Gasteiger charge is -2.38. The zero-order valence-electron chi connectivity index (χ0n) is 12.7. The quantitative estimate of drug-likeness (QED) is 0.870. The first-order valence-electron chi connectivity index (χ1n) is 8.20. The highest BCUT2D eigenvalue weighted by Gasteiger charge is 2.33. The average molecular weight is 277 g/mol. The van der Waals surface area contributed by atoms with E-state index in [1.165, 1.54) is 42.4 Å². The molecule has 1 N–H and O–H groups in total. The summed E-state index contributed by atoms with van der Waals surface area (Å²) in [4.78, 5) is 0. The normalized spacial score (nSPS) is 27.2. The Labute approximate surface area is 127 Å². The highest BCUT2D eigenvalue weighted by atomic mass is 15.0. The monoisotopic (exact) mass is 277 g/mol. The van der Waals surface area contributed by atoms with Gasteiger partial charge in [-0.3, -0.25) is 0 Å². The first-order valence-corrected chi connectivity index (χ1v) is 8.20. The molecule has 0 radical (unpaired) electrons. The number of hydrogen-bond donors (Lipinski definition) is 1. The van der Waals surface area contributed by atoms with E-state index in [2.05, 4.69) is 60.8 Å². The molecule has 2 aliphatic rings. The molecule has 1 nitrogen and oxygen atoms in total. The number of benzene rings is 2. The molecule has 0 bridgehead atoms. The fourth-order valence-corrected chi connectivity index (χ4v) is 3.96. The average Bonchev–Trinajstić information content (AvgIpc) is 2.85. The van der Waals surface area contributed by atoms with Gasteiger partial charge in [0.1, 0.15) is 0 Å². The molecular weight excluding hydrogens is 254 g/mol. The van der Waals surface area contributed by atoms with Gasteiger partial charge in [0.15, 0.2) is 0 Å². The highest BCUT2D eigenvalue weighted by molar-refractivity contribution is 5.35. The Kier molecular flexibility index (Phi) is 3.31. The van der Waals surface area contributed by atoms with Gasteiger partial charge in [0.05, 0.1) is 0 Å². The van der Waals surface area contributed by atoms with Gasteiger partial charge in [-0.25, -0.2) is 0 Å². The Morgan fingerprint density at radius 2 is 1.86 bits per heavy atom. The third-order valence-electron chi connectivity index (χ3n) is 5.22. The third kappa shape index (κ3) is 2.51. The molecule has 2 aliphatic carbocycles. The molecular formula is C20H23N. The summed E-state index contributed by atoms with van der Waals surface area (Å²) in [6.07, 6.45) is 5.09.